The average molecular weight is 331 g/mol. The molecule has 1 aromatic carbocycles. The summed E-state index contributed by atoms with van der Waals surface area (Å²) in [5, 5.41) is 8.78. The normalized spacial score (nSPS) is 20.3. The second-order valence-corrected chi connectivity index (χ2v) is 6.74. The molecule has 1 aliphatic rings. The summed E-state index contributed by atoms with van der Waals surface area (Å²) in [5.41, 5.74) is 0.805. The minimum Gasteiger partial charge on any atom is -0.357 e. The fourth-order valence-electron chi connectivity index (χ4n) is 2.70. The highest BCUT2D eigenvalue weighted by Crippen LogP contribution is 2.41. The predicted octanol–water partition coefficient (Wildman–Crippen LogP) is 3.54. The summed E-state index contributed by atoms with van der Waals surface area (Å²) < 4.78 is 13.8. The molecule has 1 fully saturated rings. The van der Waals surface area contributed by atoms with E-state index in [0.717, 1.165) is 37.5 Å². The van der Waals surface area contributed by atoms with Crippen LogP contribution in [0.5, 0.6) is 0 Å². The summed E-state index contributed by atoms with van der Waals surface area (Å²) in [6, 6.07) is 11.5. The first-order valence-electron chi connectivity index (χ1n) is 8.09. The van der Waals surface area contributed by atoms with Crippen LogP contribution in [0.3, 0.4) is 0 Å². The van der Waals surface area contributed by atoms with E-state index in [1.54, 1.807) is 17.4 Å². The highest BCUT2D eigenvalue weighted by molar-refractivity contribution is 7.09. The van der Waals surface area contributed by atoms with Gasteiger partial charge < -0.3 is 10.6 Å². The smallest absolute Gasteiger partial charge is 0.191 e. The van der Waals surface area contributed by atoms with Gasteiger partial charge in [0.1, 0.15) is 5.82 Å². The Labute approximate surface area is 140 Å². The molecule has 3 nitrogen and oxygen atoms in total. The van der Waals surface area contributed by atoms with Crippen molar-refractivity contribution in [2.24, 2.45) is 4.99 Å². The van der Waals surface area contributed by atoms with Crippen LogP contribution in [0.2, 0.25) is 0 Å². The average Bonchev–Trinajstić information content (AvgIpc) is 3.09. The summed E-state index contributed by atoms with van der Waals surface area (Å²) in [6.07, 6.45) is 1.91. The Morgan fingerprint density at radius 2 is 2.17 bits per heavy atom. The molecule has 0 bridgehead atoms. The molecule has 0 aliphatic heterocycles. The number of rotatable bonds is 6. The van der Waals surface area contributed by atoms with E-state index in [4.69, 9.17) is 0 Å². The van der Waals surface area contributed by atoms with Gasteiger partial charge in [0.15, 0.2) is 5.96 Å². The molecule has 3 rings (SSSR count). The quantitative estimate of drug-likeness (QED) is 0.627. The van der Waals surface area contributed by atoms with E-state index >= 15 is 0 Å². The van der Waals surface area contributed by atoms with Crippen molar-refractivity contribution >= 4 is 17.3 Å². The number of hydrogen-bond donors (Lipinski definition) is 2. The number of benzene rings is 1. The van der Waals surface area contributed by atoms with E-state index in [9.17, 15) is 4.39 Å². The fraction of sp³-hybridized carbons (Fsp3) is 0.389. The summed E-state index contributed by atoms with van der Waals surface area (Å²) in [4.78, 5) is 5.97. The second kappa shape index (κ2) is 7.59. The highest BCUT2D eigenvalue weighted by atomic mass is 32.1. The van der Waals surface area contributed by atoms with Crippen LogP contribution in [0.1, 0.15) is 29.7 Å². The van der Waals surface area contributed by atoms with Crippen LogP contribution in [0.25, 0.3) is 0 Å². The number of nitrogens with one attached hydrogen (secondary N) is 2. The van der Waals surface area contributed by atoms with Crippen molar-refractivity contribution < 1.29 is 4.39 Å². The monoisotopic (exact) mass is 331 g/mol. The van der Waals surface area contributed by atoms with Crippen molar-refractivity contribution in [3.8, 4) is 0 Å². The lowest BCUT2D eigenvalue weighted by Gasteiger charge is -2.11. The van der Waals surface area contributed by atoms with Crippen LogP contribution >= 0.6 is 11.3 Å². The molecule has 1 aromatic heterocycles. The molecular weight excluding hydrogens is 309 g/mol. The third-order valence-corrected chi connectivity index (χ3v) is 4.91. The number of halogens is 1. The number of guanidine groups is 1. The van der Waals surface area contributed by atoms with E-state index < -0.39 is 0 Å². The summed E-state index contributed by atoms with van der Waals surface area (Å²) in [7, 11) is 0. The van der Waals surface area contributed by atoms with Crippen molar-refractivity contribution in [1.82, 2.24) is 10.6 Å². The Balaban J connectivity index is 1.55. The van der Waals surface area contributed by atoms with Gasteiger partial charge in [0.25, 0.3) is 0 Å². The zero-order valence-electron chi connectivity index (χ0n) is 13.3. The topological polar surface area (TPSA) is 36.4 Å². The molecule has 2 N–H and O–H groups in total. The van der Waals surface area contributed by atoms with Crippen LogP contribution in [0.4, 0.5) is 4.39 Å². The SMILES string of the molecule is CCNC(=NCCc1cccs1)NC1CC1c1ccccc1F. The van der Waals surface area contributed by atoms with Crippen molar-refractivity contribution in [2.45, 2.75) is 31.7 Å². The maximum Gasteiger partial charge on any atom is 0.191 e. The van der Waals surface area contributed by atoms with Crippen LogP contribution in [0.15, 0.2) is 46.8 Å². The molecule has 1 saturated carbocycles. The lowest BCUT2D eigenvalue weighted by molar-refractivity contribution is 0.607. The van der Waals surface area contributed by atoms with Crippen LogP contribution in [-0.4, -0.2) is 25.1 Å². The van der Waals surface area contributed by atoms with Gasteiger partial charge in [-0.3, -0.25) is 4.99 Å². The van der Waals surface area contributed by atoms with Gasteiger partial charge in [-0.15, -0.1) is 11.3 Å². The third kappa shape index (κ3) is 4.32. The van der Waals surface area contributed by atoms with Gasteiger partial charge in [0.2, 0.25) is 0 Å². The molecule has 0 saturated heterocycles. The van der Waals surface area contributed by atoms with E-state index in [1.165, 1.54) is 10.9 Å². The lowest BCUT2D eigenvalue weighted by atomic mass is 10.1. The summed E-state index contributed by atoms with van der Waals surface area (Å²) in [5.74, 6) is 0.965. The highest BCUT2D eigenvalue weighted by Gasteiger charge is 2.40. The van der Waals surface area contributed by atoms with Gasteiger partial charge in [-0.05, 0) is 36.4 Å². The molecule has 2 aromatic rings. The Morgan fingerprint density at radius 3 is 2.91 bits per heavy atom. The minimum absolute atomic E-state index is 0.110. The first kappa shape index (κ1) is 16.0. The molecule has 23 heavy (non-hydrogen) atoms. The molecular formula is C18H22FN3S. The first-order valence-corrected chi connectivity index (χ1v) is 8.97. The maximum atomic E-state index is 13.8. The molecule has 0 radical (unpaired) electrons. The van der Waals surface area contributed by atoms with Crippen LogP contribution in [-0.2, 0) is 6.42 Å². The molecule has 1 heterocycles. The Morgan fingerprint density at radius 1 is 1.30 bits per heavy atom. The van der Waals surface area contributed by atoms with Gasteiger partial charge >= 0.3 is 0 Å². The molecule has 0 amide bonds. The van der Waals surface area contributed by atoms with Gasteiger partial charge in [-0.1, -0.05) is 24.3 Å². The Kier molecular flexibility index (Phi) is 5.28. The molecule has 2 unspecified atom stereocenters. The maximum absolute atomic E-state index is 13.8. The largest absolute Gasteiger partial charge is 0.357 e. The van der Waals surface area contributed by atoms with E-state index in [0.29, 0.717) is 0 Å². The number of thiophene rings is 1. The minimum atomic E-state index is -0.110. The van der Waals surface area contributed by atoms with Crippen molar-refractivity contribution in [3.63, 3.8) is 0 Å². The third-order valence-electron chi connectivity index (χ3n) is 3.97. The van der Waals surface area contributed by atoms with E-state index in [-0.39, 0.29) is 17.8 Å². The van der Waals surface area contributed by atoms with E-state index in [2.05, 4.69) is 40.1 Å². The summed E-state index contributed by atoms with van der Waals surface area (Å²) in [6.45, 7) is 3.63. The second-order valence-electron chi connectivity index (χ2n) is 5.70. The molecule has 2 atom stereocenters. The van der Waals surface area contributed by atoms with Gasteiger partial charge in [0.05, 0.1) is 0 Å². The van der Waals surface area contributed by atoms with Crippen molar-refractivity contribution in [2.75, 3.05) is 13.1 Å². The van der Waals surface area contributed by atoms with Crippen molar-refractivity contribution in [3.05, 3.63) is 58.0 Å². The predicted molar refractivity (Wildman–Crippen MR) is 94.7 cm³/mol. The van der Waals surface area contributed by atoms with Crippen LogP contribution in [0, 0.1) is 5.82 Å². The first-order chi connectivity index (χ1) is 11.3. The molecule has 1 aliphatic carbocycles. The van der Waals surface area contributed by atoms with E-state index in [1.807, 2.05) is 12.1 Å². The Bertz CT molecular complexity index is 654. The zero-order valence-corrected chi connectivity index (χ0v) is 14.1. The van der Waals surface area contributed by atoms with Crippen LogP contribution < -0.4 is 10.6 Å². The lowest BCUT2D eigenvalue weighted by Crippen LogP contribution is -2.39. The number of hydrogen-bond acceptors (Lipinski definition) is 2. The number of nitrogens with zero attached hydrogens (tertiary/aromatic N) is 1. The number of aliphatic imine (C=N–C) groups is 1. The Hall–Kier alpha value is -1.88. The fourth-order valence-corrected chi connectivity index (χ4v) is 3.40. The molecule has 0 spiro atoms. The van der Waals surface area contributed by atoms with Gasteiger partial charge in [0, 0.05) is 36.3 Å². The zero-order chi connectivity index (χ0) is 16.1. The summed E-state index contributed by atoms with van der Waals surface area (Å²) >= 11 is 1.76. The molecule has 5 heteroatoms. The molecule has 122 valence electrons. The van der Waals surface area contributed by atoms with Crippen molar-refractivity contribution in [1.29, 1.82) is 0 Å². The van der Waals surface area contributed by atoms with Gasteiger partial charge in [-0.2, -0.15) is 0 Å². The van der Waals surface area contributed by atoms with Gasteiger partial charge in [-0.25, -0.2) is 4.39 Å². The standard InChI is InChI=1S/C18H22FN3S/c1-2-20-18(21-10-9-13-6-5-11-23-13)22-17-12-15(17)14-7-3-4-8-16(14)19/h3-8,11,15,17H,2,9-10,12H2,1H3,(H2,20,21,22).